The van der Waals surface area contributed by atoms with E-state index in [1.807, 2.05) is 32.0 Å². The van der Waals surface area contributed by atoms with Crippen molar-refractivity contribution in [2.24, 2.45) is 0 Å². The van der Waals surface area contributed by atoms with E-state index >= 15 is 0 Å². The van der Waals surface area contributed by atoms with Gasteiger partial charge in [0.1, 0.15) is 11.5 Å². The van der Waals surface area contributed by atoms with E-state index in [0.717, 1.165) is 77.8 Å². The summed E-state index contributed by atoms with van der Waals surface area (Å²) >= 11 is 0. The number of anilines is 1. The number of hydrogen-bond acceptors (Lipinski definition) is 6. The molecule has 0 aliphatic carbocycles. The number of carboxylic acid groups (broad SMARTS) is 1. The number of aromatic nitrogens is 2. The van der Waals surface area contributed by atoms with E-state index < -0.39 is 6.16 Å². The summed E-state index contributed by atoms with van der Waals surface area (Å²) in [6, 6.07) is 10.3. The molecular weight excluding hydrogens is 470 g/mol. The standard InChI is InChI=1S/C29H31N3O5/c1-17-25(18(2)37-31-17)23-9-3-8-20-21(28(30-26(20)23)36-29(33)34)11-6-16-35-24-13-12-19-7-4-14-32-15-5-10-22(24)27(19)32/h3,8-9,12-13,30H,4-7,10-11,14-16H2,1-2H3,(H,33,34). The van der Waals surface area contributed by atoms with Crippen molar-refractivity contribution in [1.82, 2.24) is 10.1 Å². The molecule has 0 fully saturated rings. The van der Waals surface area contributed by atoms with Gasteiger partial charge in [0.05, 0.1) is 17.8 Å². The summed E-state index contributed by atoms with van der Waals surface area (Å²) in [5, 5.41) is 14.4. The van der Waals surface area contributed by atoms with Gasteiger partial charge in [-0.2, -0.15) is 0 Å². The number of benzene rings is 2. The van der Waals surface area contributed by atoms with Crippen LogP contribution in [0.25, 0.3) is 22.0 Å². The van der Waals surface area contributed by atoms with Crippen LogP contribution < -0.4 is 14.4 Å². The summed E-state index contributed by atoms with van der Waals surface area (Å²) in [5.74, 6) is 1.94. The van der Waals surface area contributed by atoms with Crippen LogP contribution in [0.3, 0.4) is 0 Å². The van der Waals surface area contributed by atoms with Gasteiger partial charge in [0.25, 0.3) is 0 Å². The van der Waals surface area contributed by atoms with Crippen LogP contribution in [0.4, 0.5) is 10.5 Å². The van der Waals surface area contributed by atoms with Gasteiger partial charge in [-0.15, -0.1) is 0 Å². The summed E-state index contributed by atoms with van der Waals surface area (Å²) in [5.41, 5.74) is 8.41. The van der Waals surface area contributed by atoms with Crippen LogP contribution in [0.1, 0.15) is 47.4 Å². The van der Waals surface area contributed by atoms with Crippen molar-refractivity contribution in [2.45, 2.75) is 52.4 Å². The Hall–Kier alpha value is -3.94. The third-order valence-corrected chi connectivity index (χ3v) is 7.59. The number of nitrogens with zero attached hydrogens (tertiary/aromatic N) is 2. The van der Waals surface area contributed by atoms with Gasteiger partial charge in [-0.05, 0) is 64.0 Å². The maximum Gasteiger partial charge on any atom is 0.512 e. The molecule has 2 aliphatic heterocycles. The van der Waals surface area contributed by atoms with Crippen molar-refractivity contribution in [2.75, 3.05) is 24.6 Å². The average Bonchev–Trinajstić information content (AvgIpc) is 3.41. The monoisotopic (exact) mass is 501 g/mol. The van der Waals surface area contributed by atoms with Gasteiger partial charge in [0, 0.05) is 46.4 Å². The van der Waals surface area contributed by atoms with Gasteiger partial charge < -0.3 is 29.0 Å². The molecule has 0 saturated heterocycles. The Morgan fingerprint density at radius 2 is 2.00 bits per heavy atom. The highest BCUT2D eigenvalue weighted by Gasteiger charge is 2.26. The number of H-pyrrole nitrogens is 1. The van der Waals surface area contributed by atoms with E-state index in [1.165, 1.54) is 23.2 Å². The van der Waals surface area contributed by atoms with Crippen LogP contribution >= 0.6 is 0 Å². The summed E-state index contributed by atoms with van der Waals surface area (Å²) in [7, 11) is 0. The molecule has 6 rings (SSSR count). The molecule has 0 spiro atoms. The highest BCUT2D eigenvalue weighted by molar-refractivity contribution is 5.98. The first-order valence-electron chi connectivity index (χ1n) is 13.0. The van der Waals surface area contributed by atoms with Crippen molar-refractivity contribution in [3.63, 3.8) is 0 Å². The zero-order valence-electron chi connectivity index (χ0n) is 21.2. The summed E-state index contributed by atoms with van der Waals surface area (Å²) in [4.78, 5) is 17.2. The highest BCUT2D eigenvalue weighted by Crippen LogP contribution is 2.41. The molecule has 8 heteroatoms. The summed E-state index contributed by atoms with van der Waals surface area (Å²) in [6.07, 6.45) is 4.56. The molecule has 0 radical (unpaired) electrons. The Balaban J connectivity index is 1.25. The second-order valence-corrected chi connectivity index (χ2v) is 9.92. The Morgan fingerprint density at radius 1 is 1.16 bits per heavy atom. The van der Waals surface area contributed by atoms with Gasteiger partial charge >= 0.3 is 6.16 Å². The molecule has 2 aliphatic rings. The molecule has 0 saturated carbocycles. The quantitative estimate of drug-likeness (QED) is 0.229. The van der Waals surface area contributed by atoms with Gasteiger partial charge in [-0.1, -0.05) is 29.4 Å². The highest BCUT2D eigenvalue weighted by atomic mass is 16.7. The van der Waals surface area contributed by atoms with E-state index in [4.69, 9.17) is 14.0 Å². The van der Waals surface area contributed by atoms with Crippen LogP contribution in [0.5, 0.6) is 11.6 Å². The predicted octanol–water partition coefficient (Wildman–Crippen LogP) is 6.21. The lowest BCUT2D eigenvalue weighted by Crippen LogP contribution is -2.34. The average molecular weight is 502 g/mol. The SMILES string of the molecule is Cc1noc(C)c1-c1cccc2c(CCCOc3ccc4c5c3CCCN5CCC4)c(OC(=O)O)[nH]c12. The van der Waals surface area contributed by atoms with Crippen LogP contribution in [-0.2, 0) is 19.3 Å². The number of fused-ring (bicyclic) bond motifs is 1. The van der Waals surface area contributed by atoms with E-state index in [-0.39, 0.29) is 5.88 Å². The number of carbonyl (C=O) groups is 1. The number of nitrogens with one attached hydrogen (secondary N) is 1. The fourth-order valence-corrected chi connectivity index (χ4v) is 6.06. The summed E-state index contributed by atoms with van der Waals surface area (Å²) in [6.45, 7) is 6.57. The van der Waals surface area contributed by atoms with E-state index in [1.54, 1.807) is 0 Å². The molecule has 37 heavy (non-hydrogen) atoms. The van der Waals surface area contributed by atoms with Crippen molar-refractivity contribution in [1.29, 1.82) is 0 Å². The first-order chi connectivity index (χ1) is 18.0. The Labute approximate surface area is 215 Å². The fraction of sp³-hybridized carbons (Fsp3) is 0.379. The van der Waals surface area contributed by atoms with Crippen LogP contribution in [0, 0.1) is 13.8 Å². The minimum atomic E-state index is -1.35. The molecule has 2 aromatic carbocycles. The number of aryl methyl sites for hydroxylation is 4. The minimum absolute atomic E-state index is 0.251. The normalized spacial score (nSPS) is 14.6. The first kappa shape index (κ1) is 23.5. The Morgan fingerprint density at radius 3 is 2.78 bits per heavy atom. The van der Waals surface area contributed by atoms with Crippen molar-refractivity contribution >= 4 is 22.7 Å². The lowest BCUT2D eigenvalue weighted by Gasteiger charge is -2.37. The van der Waals surface area contributed by atoms with Crippen molar-refractivity contribution in [3.8, 4) is 22.8 Å². The zero-order valence-corrected chi connectivity index (χ0v) is 21.2. The van der Waals surface area contributed by atoms with E-state index in [0.29, 0.717) is 18.8 Å². The third kappa shape index (κ3) is 4.20. The number of ether oxygens (including phenoxy) is 2. The Kier molecular flexibility index (Phi) is 6.02. The lowest BCUT2D eigenvalue weighted by atomic mass is 9.91. The molecule has 0 atom stereocenters. The third-order valence-electron chi connectivity index (χ3n) is 7.59. The molecule has 4 aromatic rings. The smallest absolute Gasteiger partial charge is 0.493 e. The second-order valence-electron chi connectivity index (χ2n) is 9.92. The van der Waals surface area contributed by atoms with E-state index in [9.17, 15) is 9.90 Å². The topological polar surface area (TPSA) is 101 Å². The lowest BCUT2D eigenvalue weighted by molar-refractivity contribution is 0.142. The van der Waals surface area contributed by atoms with Gasteiger partial charge in [-0.25, -0.2) is 4.79 Å². The van der Waals surface area contributed by atoms with Crippen molar-refractivity contribution in [3.05, 3.63) is 58.5 Å². The van der Waals surface area contributed by atoms with Crippen molar-refractivity contribution < 1.29 is 23.9 Å². The van der Waals surface area contributed by atoms with Crippen LogP contribution in [0.15, 0.2) is 34.9 Å². The largest absolute Gasteiger partial charge is 0.512 e. The van der Waals surface area contributed by atoms with E-state index in [2.05, 4.69) is 27.2 Å². The number of para-hydroxylation sites is 1. The van der Waals surface area contributed by atoms with Gasteiger partial charge in [0.15, 0.2) is 0 Å². The Bertz CT molecular complexity index is 1460. The summed E-state index contributed by atoms with van der Waals surface area (Å²) < 4.78 is 16.9. The molecule has 0 bridgehead atoms. The van der Waals surface area contributed by atoms with Gasteiger partial charge in [0.2, 0.25) is 5.88 Å². The predicted molar refractivity (Wildman–Crippen MR) is 141 cm³/mol. The molecule has 2 aromatic heterocycles. The number of hydrogen-bond donors (Lipinski definition) is 2. The maximum atomic E-state index is 11.5. The number of rotatable bonds is 7. The fourth-order valence-electron chi connectivity index (χ4n) is 6.06. The minimum Gasteiger partial charge on any atom is -0.493 e. The zero-order chi connectivity index (χ0) is 25.5. The van der Waals surface area contributed by atoms with Crippen LogP contribution in [-0.4, -0.2) is 41.1 Å². The molecule has 8 nitrogen and oxygen atoms in total. The molecule has 0 unspecified atom stereocenters. The maximum absolute atomic E-state index is 11.5. The molecule has 2 N–H and O–H groups in total. The first-order valence-corrected chi connectivity index (χ1v) is 13.0. The molecule has 192 valence electrons. The van der Waals surface area contributed by atoms with Crippen LogP contribution in [0.2, 0.25) is 0 Å². The van der Waals surface area contributed by atoms with Gasteiger partial charge in [-0.3, -0.25) is 0 Å². The molecule has 4 heterocycles. The molecule has 0 amide bonds. The second kappa shape index (κ2) is 9.50. The number of aromatic amines is 1. The molecular formula is C29H31N3O5.